The molecule has 0 aliphatic carbocycles. The van der Waals surface area contributed by atoms with Crippen LogP contribution in [0.1, 0.15) is 41.5 Å². The van der Waals surface area contributed by atoms with Gasteiger partial charge in [-0.05, 0) is 41.5 Å². The van der Waals surface area contributed by atoms with E-state index in [4.69, 9.17) is 23.7 Å². The number of carbonyl (C=O) groups is 3. The average Bonchev–Trinajstić information content (AvgIpc) is 2.91. The fraction of sp³-hybridized carbons (Fsp3) is 0.903. The number of hydrogen-bond donors (Lipinski definition) is 2. The highest BCUT2D eigenvalue weighted by Crippen LogP contribution is 2.19. The van der Waals surface area contributed by atoms with Crippen LogP contribution in [0.25, 0.3) is 0 Å². The average molecular weight is 643 g/mol. The van der Waals surface area contributed by atoms with Gasteiger partial charge < -0.3 is 39.2 Å². The van der Waals surface area contributed by atoms with E-state index in [-0.39, 0.29) is 25.0 Å². The van der Waals surface area contributed by atoms with Crippen LogP contribution in [0.15, 0.2) is 0 Å². The van der Waals surface area contributed by atoms with Gasteiger partial charge in [0.15, 0.2) is 5.78 Å². The normalized spacial score (nSPS) is 23.3. The largest absolute Gasteiger partial charge is 0.444 e. The summed E-state index contributed by atoms with van der Waals surface area (Å²) in [6.45, 7) is 26.9. The standard InChI is InChI=1S/C12H22N2O3.C8H13NO3.C7H14N2O.C4H9NO/c1-12(2,3)17-11(15)14-8-10(9-14)13-4-6-16-7-5-13;1-8(2,3)12-7(11)9-4-6(10)5-9;1-3-10-4-2-9(1)7-5-8-6-7;1-3-6-4-2-5-1/h10H,4-9H2,1-3H3;4-5H2,1-3H3;7-8H,1-6H2;5H,1-4H2. The van der Waals surface area contributed by atoms with Gasteiger partial charge in [-0.15, -0.1) is 0 Å². The first-order chi connectivity index (χ1) is 21.3. The zero-order chi connectivity index (χ0) is 32.9. The summed E-state index contributed by atoms with van der Waals surface area (Å²) in [7, 11) is 0. The quantitative estimate of drug-likeness (QED) is 0.438. The lowest BCUT2D eigenvalue weighted by Gasteiger charge is -2.46. The third kappa shape index (κ3) is 14.5. The summed E-state index contributed by atoms with van der Waals surface area (Å²) >= 11 is 0. The number of morpholine rings is 3. The van der Waals surface area contributed by atoms with E-state index >= 15 is 0 Å². The molecule has 0 saturated carbocycles. The van der Waals surface area contributed by atoms with Crippen LogP contribution in [0.3, 0.4) is 0 Å². The number of nitrogens with one attached hydrogen (secondary N) is 2. The molecule has 6 heterocycles. The van der Waals surface area contributed by atoms with Crippen LogP contribution < -0.4 is 10.6 Å². The van der Waals surface area contributed by atoms with E-state index in [0.29, 0.717) is 6.04 Å². The SMILES string of the molecule is C1CN(C2CNC2)CCO1.C1COCCN1.CC(C)(C)OC(=O)N1CC(=O)C1.CC(C)(C)OC(=O)N1CC(N2CCOCC2)C1. The van der Waals surface area contributed by atoms with E-state index in [1.165, 1.54) is 18.0 Å². The monoisotopic (exact) mass is 642 g/mol. The third-order valence-electron chi connectivity index (χ3n) is 7.63. The Morgan fingerprint density at radius 1 is 0.644 bits per heavy atom. The number of amides is 2. The molecule has 0 aromatic heterocycles. The molecule has 2 amide bonds. The molecule has 6 fully saturated rings. The van der Waals surface area contributed by atoms with Crippen LogP contribution in [-0.4, -0.2) is 179 Å². The van der Waals surface area contributed by atoms with Crippen molar-refractivity contribution in [2.75, 3.05) is 118 Å². The number of ketones is 1. The van der Waals surface area contributed by atoms with Crippen LogP contribution in [0, 0.1) is 0 Å². The molecule has 14 heteroatoms. The molecule has 0 radical (unpaired) electrons. The van der Waals surface area contributed by atoms with Gasteiger partial charge in [-0.2, -0.15) is 0 Å². The van der Waals surface area contributed by atoms with Gasteiger partial charge in [0, 0.05) is 77.5 Å². The molecule has 0 spiro atoms. The van der Waals surface area contributed by atoms with Crippen LogP contribution in [0.4, 0.5) is 9.59 Å². The maximum absolute atomic E-state index is 11.7. The van der Waals surface area contributed by atoms with Gasteiger partial charge in [-0.25, -0.2) is 9.59 Å². The summed E-state index contributed by atoms with van der Waals surface area (Å²) in [6, 6.07) is 1.30. The Morgan fingerprint density at radius 2 is 1.07 bits per heavy atom. The summed E-state index contributed by atoms with van der Waals surface area (Å²) in [6.07, 6.45) is -0.593. The molecule has 260 valence electrons. The molecule has 2 N–H and O–H groups in total. The minimum Gasteiger partial charge on any atom is -0.444 e. The van der Waals surface area contributed by atoms with Crippen molar-refractivity contribution in [3.8, 4) is 0 Å². The number of hydrogen-bond acceptors (Lipinski definition) is 12. The Bertz CT molecular complexity index is 881. The van der Waals surface area contributed by atoms with E-state index in [9.17, 15) is 14.4 Å². The zero-order valence-corrected chi connectivity index (χ0v) is 28.4. The Kier molecular flexibility index (Phi) is 15.2. The van der Waals surface area contributed by atoms with Crippen molar-refractivity contribution in [1.82, 2.24) is 30.2 Å². The van der Waals surface area contributed by atoms with Crippen molar-refractivity contribution in [3.05, 3.63) is 0 Å². The molecule has 6 aliphatic rings. The molecule has 0 aromatic rings. The van der Waals surface area contributed by atoms with Crippen molar-refractivity contribution < 1.29 is 38.1 Å². The number of rotatable bonds is 2. The first-order valence-corrected chi connectivity index (χ1v) is 16.4. The smallest absolute Gasteiger partial charge is 0.411 e. The lowest BCUT2D eigenvalue weighted by Crippen LogP contribution is -2.63. The minimum absolute atomic E-state index is 0.0841. The molecule has 45 heavy (non-hydrogen) atoms. The molecular weight excluding hydrogens is 584 g/mol. The zero-order valence-electron chi connectivity index (χ0n) is 28.4. The summed E-state index contributed by atoms with van der Waals surface area (Å²) in [4.78, 5) is 41.5. The van der Waals surface area contributed by atoms with Gasteiger partial charge in [0.25, 0.3) is 0 Å². The Hall–Kier alpha value is -2.07. The fourth-order valence-electron chi connectivity index (χ4n) is 4.93. The summed E-state index contributed by atoms with van der Waals surface area (Å²) in [5.74, 6) is 0.0841. The summed E-state index contributed by atoms with van der Waals surface area (Å²) in [5.41, 5.74) is -0.878. The van der Waals surface area contributed by atoms with Crippen molar-refractivity contribution in [3.63, 3.8) is 0 Å². The molecule has 6 rings (SSSR count). The van der Waals surface area contributed by atoms with E-state index in [1.807, 2.05) is 20.8 Å². The van der Waals surface area contributed by atoms with E-state index < -0.39 is 17.3 Å². The van der Waals surface area contributed by atoms with Gasteiger partial charge >= 0.3 is 12.2 Å². The predicted octanol–water partition coefficient (Wildman–Crippen LogP) is 0.641. The molecular formula is C31H58N6O8. The Labute approximate surface area is 269 Å². The number of likely N-dealkylation sites (tertiary alicyclic amines) is 2. The first kappa shape index (κ1) is 37.4. The van der Waals surface area contributed by atoms with Crippen LogP contribution in [0.2, 0.25) is 0 Å². The second-order valence-electron chi connectivity index (χ2n) is 13.9. The topological polar surface area (TPSA) is 134 Å². The van der Waals surface area contributed by atoms with Crippen molar-refractivity contribution in [1.29, 1.82) is 0 Å². The van der Waals surface area contributed by atoms with Crippen molar-refractivity contribution in [2.24, 2.45) is 0 Å². The molecule has 14 nitrogen and oxygen atoms in total. The van der Waals surface area contributed by atoms with Crippen LogP contribution in [-0.2, 0) is 28.5 Å². The lowest BCUT2D eigenvalue weighted by atomic mass is 10.1. The predicted molar refractivity (Wildman–Crippen MR) is 170 cm³/mol. The third-order valence-corrected chi connectivity index (χ3v) is 7.63. The number of carbonyl (C=O) groups excluding carboxylic acids is 3. The lowest BCUT2D eigenvalue weighted by molar-refractivity contribution is -0.128. The van der Waals surface area contributed by atoms with Crippen LogP contribution in [0.5, 0.6) is 0 Å². The maximum atomic E-state index is 11.7. The van der Waals surface area contributed by atoms with Gasteiger partial charge in [0.05, 0.1) is 52.7 Å². The number of nitrogens with zero attached hydrogens (tertiary/aromatic N) is 4. The summed E-state index contributed by atoms with van der Waals surface area (Å²) in [5, 5.41) is 6.44. The highest BCUT2D eigenvalue weighted by molar-refractivity contribution is 5.94. The molecule has 0 aromatic carbocycles. The van der Waals surface area contributed by atoms with E-state index in [1.54, 1.807) is 25.7 Å². The van der Waals surface area contributed by atoms with E-state index in [0.717, 1.165) is 98.0 Å². The Morgan fingerprint density at radius 3 is 1.40 bits per heavy atom. The molecule has 0 bridgehead atoms. The minimum atomic E-state index is -0.476. The van der Waals surface area contributed by atoms with Gasteiger partial charge in [0.2, 0.25) is 0 Å². The molecule has 6 saturated heterocycles. The van der Waals surface area contributed by atoms with Crippen LogP contribution >= 0.6 is 0 Å². The highest BCUT2D eigenvalue weighted by Gasteiger charge is 2.37. The van der Waals surface area contributed by atoms with E-state index in [2.05, 4.69) is 20.4 Å². The molecule has 0 atom stereocenters. The number of Topliss-reactive ketones (excluding diaryl/α,β-unsaturated/α-hetero) is 1. The van der Waals surface area contributed by atoms with Crippen molar-refractivity contribution >= 4 is 18.0 Å². The number of ether oxygens (including phenoxy) is 5. The molecule has 0 unspecified atom stereocenters. The fourth-order valence-corrected chi connectivity index (χ4v) is 4.93. The first-order valence-electron chi connectivity index (χ1n) is 16.4. The summed E-state index contributed by atoms with van der Waals surface area (Å²) < 4.78 is 25.9. The second kappa shape index (κ2) is 18.3. The highest BCUT2D eigenvalue weighted by atomic mass is 16.6. The van der Waals surface area contributed by atoms with Gasteiger partial charge in [0.1, 0.15) is 11.2 Å². The second-order valence-corrected chi connectivity index (χ2v) is 13.9. The maximum Gasteiger partial charge on any atom is 0.411 e. The van der Waals surface area contributed by atoms with Gasteiger partial charge in [-0.1, -0.05) is 0 Å². The molecule has 6 aliphatic heterocycles. The van der Waals surface area contributed by atoms with Gasteiger partial charge in [-0.3, -0.25) is 19.5 Å². The van der Waals surface area contributed by atoms with Crippen molar-refractivity contribution in [2.45, 2.75) is 64.8 Å². The Balaban J connectivity index is 0.000000173.